The maximum Gasteiger partial charge on any atom is 0.234 e. The zero-order valence-corrected chi connectivity index (χ0v) is 19.3. The van der Waals surface area contributed by atoms with Crippen LogP contribution in [-0.4, -0.2) is 26.4 Å². The van der Waals surface area contributed by atoms with Crippen molar-refractivity contribution in [3.63, 3.8) is 0 Å². The fraction of sp³-hybridized carbons (Fsp3) is 0.0455. The molecule has 0 bridgehead atoms. The van der Waals surface area contributed by atoms with Crippen LogP contribution in [0.25, 0.3) is 17.1 Å². The van der Waals surface area contributed by atoms with Crippen molar-refractivity contribution in [2.45, 2.75) is 5.16 Å². The highest BCUT2D eigenvalue weighted by Crippen LogP contribution is 2.32. The molecule has 5 nitrogen and oxygen atoms in total. The lowest BCUT2D eigenvalue weighted by molar-refractivity contribution is -0.113. The molecule has 3 aromatic carbocycles. The molecule has 162 valence electrons. The number of thioether (sulfide) groups is 1. The minimum Gasteiger partial charge on any atom is -0.325 e. The van der Waals surface area contributed by atoms with E-state index in [1.807, 2.05) is 34.9 Å². The number of halogens is 4. The number of benzene rings is 3. The Bertz CT molecular complexity index is 1280. The lowest BCUT2D eigenvalue weighted by atomic mass is 10.2. The van der Waals surface area contributed by atoms with Crippen molar-refractivity contribution in [1.29, 1.82) is 0 Å². The first kappa shape index (κ1) is 22.6. The smallest absolute Gasteiger partial charge is 0.234 e. The monoisotopic (exact) mass is 506 g/mol. The quantitative estimate of drug-likeness (QED) is 0.293. The molecule has 0 atom stereocenters. The highest BCUT2D eigenvalue weighted by molar-refractivity contribution is 7.99. The molecule has 0 aliphatic carbocycles. The minimum absolute atomic E-state index is 0.0449. The molecule has 0 saturated carbocycles. The van der Waals surface area contributed by atoms with Gasteiger partial charge in [-0.15, -0.1) is 10.2 Å². The number of hydrogen-bond acceptors (Lipinski definition) is 4. The van der Waals surface area contributed by atoms with E-state index in [1.165, 1.54) is 30.0 Å². The van der Waals surface area contributed by atoms with Gasteiger partial charge >= 0.3 is 0 Å². The van der Waals surface area contributed by atoms with Crippen LogP contribution in [0, 0.1) is 5.82 Å². The molecule has 1 heterocycles. The maximum atomic E-state index is 13.3. The van der Waals surface area contributed by atoms with Gasteiger partial charge in [-0.2, -0.15) is 0 Å². The topological polar surface area (TPSA) is 59.8 Å². The molecular formula is C22H14Cl3FN4OS. The summed E-state index contributed by atoms with van der Waals surface area (Å²) >= 11 is 19.4. The summed E-state index contributed by atoms with van der Waals surface area (Å²) in [5, 5.41) is 12.8. The van der Waals surface area contributed by atoms with E-state index >= 15 is 0 Å². The summed E-state index contributed by atoms with van der Waals surface area (Å²) in [4.78, 5) is 12.4. The number of amides is 1. The first-order valence-electron chi connectivity index (χ1n) is 9.26. The molecule has 0 fully saturated rings. The molecule has 4 aromatic rings. The van der Waals surface area contributed by atoms with Gasteiger partial charge in [0, 0.05) is 22.0 Å². The Kier molecular flexibility index (Phi) is 7.01. The van der Waals surface area contributed by atoms with E-state index < -0.39 is 5.82 Å². The van der Waals surface area contributed by atoms with E-state index in [0.29, 0.717) is 32.3 Å². The first-order valence-corrected chi connectivity index (χ1v) is 11.4. The molecule has 0 aliphatic heterocycles. The van der Waals surface area contributed by atoms with E-state index in [-0.39, 0.29) is 16.7 Å². The molecule has 1 amide bonds. The van der Waals surface area contributed by atoms with Gasteiger partial charge in [0.25, 0.3) is 0 Å². The third-order valence-electron chi connectivity index (χ3n) is 4.37. The summed E-state index contributed by atoms with van der Waals surface area (Å²) in [5.74, 6) is -0.278. The summed E-state index contributed by atoms with van der Waals surface area (Å²) in [6.07, 6.45) is 0. The van der Waals surface area contributed by atoms with Gasteiger partial charge in [0.05, 0.1) is 15.8 Å². The minimum atomic E-state index is -0.554. The zero-order valence-electron chi connectivity index (χ0n) is 16.2. The van der Waals surface area contributed by atoms with E-state index in [0.717, 1.165) is 5.69 Å². The highest BCUT2D eigenvalue weighted by Gasteiger charge is 2.19. The molecule has 0 aliphatic rings. The molecule has 0 spiro atoms. The van der Waals surface area contributed by atoms with Gasteiger partial charge in [-0.25, -0.2) is 4.39 Å². The normalized spacial score (nSPS) is 10.9. The second-order valence-corrected chi connectivity index (χ2v) is 8.76. The number of carbonyl (C=O) groups excluding carboxylic acids is 1. The second kappa shape index (κ2) is 9.92. The lowest BCUT2D eigenvalue weighted by Crippen LogP contribution is -2.14. The van der Waals surface area contributed by atoms with Gasteiger partial charge in [-0.05, 0) is 54.6 Å². The third-order valence-corrected chi connectivity index (χ3v) is 6.17. The number of anilines is 1. The molecule has 0 radical (unpaired) electrons. The molecule has 0 unspecified atom stereocenters. The number of nitrogens with zero attached hydrogens (tertiary/aromatic N) is 3. The summed E-state index contributed by atoms with van der Waals surface area (Å²) in [6.45, 7) is 0. The van der Waals surface area contributed by atoms with Crippen molar-refractivity contribution in [2.75, 3.05) is 11.1 Å². The summed E-state index contributed by atoms with van der Waals surface area (Å²) in [5.41, 5.74) is 1.87. The fourth-order valence-corrected chi connectivity index (χ4v) is 4.18. The van der Waals surface area contributed by atoms with Crippen molar-refractivity contribution >= 4 is 58.2 Å². The highest BCUT2D eigenvalue weighted by atomic mass is 35.5. The van der Waals surface area contributed by atoms with Crippen LogP contribution in [0.4, 0.5) is 10.1 Å². The number of carbonyl (C=O) groups is 1. The van der Waals surface area contributed by atoms with Gasteiger partial charge in [-0.1, -0.05) is 58.7 Å². The average molecular weight is 508 g/mol. The third kappa shape index (κ3) is 5.07. The Morgan fingerprint density at radius 3 is 2.44 bits per heavy atom. The molecule has 0 saturated heterocycles. The predicted octanol–water partition coefficient (Wildman–Crippen LogP) is 6.76. The summed E-state index contributed by atoms with van der Waals surface area (Å²) in [7, 11) is 0. The fourth-order valence-electron chi connectivity index (χ4n) is 2.90. The van der Waals surface area contributed by atoms with Crippen molar-refractivity contribution in [1.82, 2.24) is 14.8 Å². The van der Waals surface area contributed by atoms with Crippen LogP contribution >= 0.6 is 46.6 Å². The summed E-state index contributed by atoms with van der Waals surface area (Å²) < 4.78 is 15.1. The molecular weight excluding hydrogens is 494 g/mol. The van der Waals surface area contributed by atoms with Gasteiger partial charge in [0.2, 0.25) is 5.91 Å². The number of hydrogen-bond donors (Lipinski definition) is 1. The van der Waals surface area contributed by atoms with E-state index in [2.05, 4.69) is 15.5 Å². The van der Waals surface area contributed by atoms with Crippen molar-refractivity contribution in [3.8, 4) is 17.1 Å². The van der Waals surface area contributed by atoms with Crippen LogP contribution < -0.4 is 5.32 Å². The van der Waals surface area contributed by atoms with Gasteiger partial charge in [0.15, 0.2) is 11.0 Å². The first-order chi connectivity index (χ1) is 15.4. The number of aromatic nitrogens is 3. The van der Waals surface area contributed by atoms with Crippen LogP contribution in [0.5, 0.6) is 0 Å². The molecule has 32 heavy (non-hydrogen) atoms. The average Bonchev–Trinajstić information content (AvgIpc) is 3.19. The van der Waals surface area contributed by atoms with Gasteiger partial charge < -0.3 is 5.32 Å². The van der Waals surface area contributed by atoms with Gasteiger partial charge in [-0.3, -0.25) is 9.36 Å². The second-order valence-electron chi connectivity index (χ2n) is 6.56. The molecule has 1 N–H and O–H groups in total. The SMILES string of the molecule is O=C(CSc1nnc(-c2ccccc2Cl)n1-c1ccc(Cl)cc1)Nc1ccc(F)c(Cl)c1. The lowest BCUT2D eigenvalue weighted by Gasteiger charge is -2.11. The Labute approximate surface area is 202 Å². The van der Waals surface area contributed by atoms with Crippen LogP contribution in [0.1, 0.15) is 0 Å². The molecule has 1 aromatic heterocycles. The predicted molar refractivity (Wildman–Crippen MR) is 128 cm³/mol. The van der Waals surface area contributed by atoms with Gasteiger partial charge in [0.1, 0.15) is 5.82 Å². The molecule has 10 heteroatoms. The van der Waals surface area contributed by atoms with Crippen LogP contribution in [0.3, 0.4) is 0 Å². The maximum absolute atomic E-state index is 13.3. The molecule has 4 rings (SSSR count). The Morgan fingerprint density at radius 1 is 0.969 bits per heavy atom. The Hall–Kier alpha value is -2.58. The van der Waals surface area contributed by atoms with Crippen LogP contribution in [0.15, 0.2) is 71.9 Å². The summed E-state index contributed by atoms with van der Waals surface area (Å²) in [6, 6.07) is 18.5. The Balaban J connectivity index is 1.61. The van der Waals surface area contributed by atoms with E-state index in [4.69, 9.17) is 34.8 Å². The zero-order chi connectivity index (χ0) is 22.7. The number of rotatable bonds is 6. The van der Waals surface area contributed by atoms with Crippen LogP contribution in [0.2, 0.25) is 15.1 Å². The Morgan fingerprint density at radius 2 is 1.72 bits per heavy atom. The van der Waals surface area contributed by atoms with E-state index in [9.17, 15) is 9.18 Å². The van der Waals surface area contributed by atoms with Crippen LogP contribution in [-0.2, 0) is 4.79 Å². The van der Waals surface area contributed by atoms with Crippen molar-refractivity contribution in [2.24, 2.45) is 0 Å². The largest absolute Gasteiger partial charge is 0.325 e. The number of nitrogens with one attached hydrogen (secondary N) is 1. The standard InChI is InChI=1S/C22H14Cl3FN4OS/c23-13-5-8-15(9-6-13)30-21(16-3-1-2-4-17(16)24)28-29-22(30)32-12-20(31)27-14-7-10-19(26)18(25)11-14/h1-11H,12H2,(H,27,31). The van der Waals surface area contributed by atoms with Crippen molar-refractivity contribution < 1.29 is 9.18 Å². The van der Waals surface area contributed by atoms with Crippen molar-refractivity contribution in [3.05, 3.63) is 87.6 Å². The van der Waals surface area contributed by atoms with E-state index in [1.54, 1.807) is 18.2 Å².